The molecule has 0 aliphatic heterocycles. The van der Waals surface area contributed by atoms with Crippen molar-refractivity contribution in [2.75, 3.05) is 0 Å². The van der Waals surface area contributed by atoms with Gasteiger partial charge in [0.1, 0.15) is 0 Å². The summed E-state index contributed by atoms with van der Waals surface area (Å²) in [5.41, 5.74) is 3.94. The molecule has 0 saturated carbocycles. The third-order valence-electron chi connectivity index (χ3n) is 3.10. The minimum atomic E-state index is 0.370. The van der Waals surface area contributed by atoms with Crippen molar-refractivity contribution < 1.29 is 0 Å². The van der Waals surface area contributed by atoms with Gasteiger partial charge in [0, 0.05) is 17.1 Å². The molecule has 94 valence electrons. The zero-order valence-electron chi connectivity index (χ0n) is 10.8. The van der Waals surface area contributed by atoms with Gasteiger partial charge in [0.15, 0.2) is 0 Å². The molecule has 0 fully saturated rings. The van der Waals surface area contributed by atoms with E-state index in [2.05, 4.69) is 83.6 Å². The summed E-state index contributed by atoms with van der Waals surface area (Å²) in [6.07, 6.45) is 0. The Morgan fingerprint density at radius 1 is 1.00 bits per heavy atom. The molecular formula is C16H18BrN. The van der Waals surface area contributed by atoms with Crippen LogP contribution in [0.4, 0.5) is 0 Å². The highest BCUT2D eigenvalue weighted by Crippen LogP contribution is 2.15. The molecule has 2 aromatic carbocycles. The van der Waals surface area contributed by atoms with E-state index in [0.717, 1.165) is 11.0 Å². The molecule has 0 spiro atoms. The largest absolute Gasteiger partial charge is 0.306 e. The second-order valence-corrected chi connectivity index (χ2v) is 5.56. The maximum atomic E-state index is 3.54. The highest BCUT2D eigenvalue weighted by molar-refractivity contribution is 9.10. The number of aryl methyl sites for hydroxylation is 1. The summed E-state index contributed by atoms with van der Waals surface area (Å²) in [5, 5.41) is 3.54. The molecule has 1 N–H and O–H groups in total. The van der Waals surface area contributed by atoms with Gasteiger partial charge in [-0.15, -0.1) is 0 Å². The van der Waals surface area contributed by atoms with Gasteiger partial charge < -0.3 is 5.32 Å². The second kappa shape index (κ2) is 6.17. The molecule has 2 rings (SSSR count). The smallest absolute Gasteiger partial charge is 0.0294 e. The van der Waals surface area contributed by atoms with Crippen LogP contribution >= 0.6 is 15.9 Å². The Labute approximate surface area is 117 Å². The first-order valence-electron chi connectivity index (χ1n) is 6.19. The van der Waals surface area contributed by atoms with Crippen molar-refractivity contribution in [2.45, 2.75) is 26.4 Å². The number of rotatable bonds is 4. The van der Waals surface area contributed by atoms with Gasteiger partial charge in [-0.2, -0.15) is 0 Å². The first-order chi connectivity index (χ1) is 8.65. The Bertz CT molecular complexity index is 488. The third-order valence-corrected chi connectivity index (χ3v) is 3.63. The predicted octanol–water partition coefficient (Wildman–Crippen LogP) is 4.61. The highest BCUT2D eigenvalue weighted by atomic mass is 79.9. The Morgan fingerprint density at radius 2 is 1.61 bits per heavy atom. The molecule has 18 heavy (non-hydrogen) atoms. The first kappa shape index (κ1) is 13.3. The van der Waals surface area contributed by atoms with E-state index in [1.165, 1.54) is 16.7 Å². The number of halogens is 1. The van der Waals surface area contributed by atoms with Gasteiger partial charge >= 0.3 is 0 Å². The summed E-state index contributed by atoms with van der Waals surface area (Å²) in [4.78, 5) is 0. The molecule has 0 saturated heterocycles. The van der Waals surface area contributed by atoms with Crippen LogP contribution in [0.15, 0.2) is 53.0 Å². The van der Waals surface area contributed by atoms with Crippen LogP contribution in [0.25, 0.3) is 0 Å². The maximum Gasteiger partial charge on any atom is 0.0294 e. The molecule has 0 radical (unpaired) electrons. The number of nitrogens with one attached hydrogen (secondary N) is 1. The van der Waals surface area contributed by atoms with Crippen LogP contribution in [0.1, 0.15) is 29.7 Å². The highest BCUT2D eigenvalue weighted by Gasteiger charge is 2.04. The summed E-state index contributed by atoms with van der Waals surface area (Å²) in [5.74, 6) is 0. The van der Waals surface area contributed by atoms with Gasteiger partial charge in [0.2, 0.25) is 0 Å². The third kappa shape index (κ3) is 3.69. The van der Waals surface area contributed by atoms with E-state index in [1.807, 2.05) is 0 Å². The summed E-state index contributed by atoms with van der Waals surface area (Å²) >= 11 is 3.45. The molecule has 1 atom stereocenters. The van der Waals surface area contributed by atoms with Crippen molar-refractivity contribution in [1.29, 1.82) is 0 Å². The normalized spacial score (nSPS) is 12.4. The number of hydrogen-bond acceptors (Lipinski definition) is 1. The minimum absolute atomic E-state index is 0.370. The van der Waals surface area contributed by atoms with Gasteiger partial charge in [-0.1, -0.05) is 57.9 Å². The molecule has 0 bridgehead atoms. The average molecular weight is 304 g/mol. The molecule has 1 unspecified atom stereocenters. The fourth-order valence-electron chi connectivity index (χ4n) is 1.85. The van der Waals surface area contributed by atoms with Crippen molar-refractivity contribution in [2.24, 2.45) is 0 Å². The average Bonchev–Trinajstić information content (AvgIpc) is 2.38. The van der Waals surface area contributed by atoms with E-state index in [9.17, 15) is 0 Å². The monoisotopic (exact) mass is 303 g/mol. The summed E-state index contributed by atoms with van der Waals surface area (Å²) in [6.45, 7) is 5.20. The lowest BCUT2D eigenvalue weighted by atomic mass is 10.1. The van der Waals surface area contributed by atoms with Crippen LogP contribution in [-0.4, -0.2) is 0 Å². The molecule has 0 aliphatic rings. The zero-order valence-corrected chi connectivity index (χ0v) is 12.4. The van der Waals surface area contributed by atoms with Gasteiger partial charge in [0.05, 0.1) is 0 Å². The summed E-state index contributed by atoms with van der Waals surface area (Å²) in [7, 11) is 0. The fourth-order valence-corrected chi connectivity index (χ4v) is 2.11. The van der Waals surface area contributed by atoms with Crippen LogP contribution in [0, 0.1) is 6.92 Å². The lowest BCUT2D eigenvalue weighted by Gasteiger charge is -2.14. The van der Waals surface area contributed by atoms with Gasteiger partial charge in [0.25, 0.3) is 0 Å². The van der Waals surface area contributed by atoms with Crippen molar-refractivity contribution in [1.82, 2.24) is 5.32 Å². The molecule has 0 amide bonds. The molecule has 0 aromatic heterocycles. The molecule has 2 heteroatoms. The van der Waals surface area contributed by atoms with Gasteiger partial charge in [-0.25, -0.2) is 0 Å². The quantitative estimate of drug-likeness (QED) is 0.870. The Balaban J connectivity index is 1.93. The van der Waals surface area contributed by atoms with E-state index >= 15 is 0 Å². The fraction of sp³-hybridized carbons (Fsp3) is 0.250. The summed E-state index contributed by atoms with van der Waals surface area (Å²) in [6, 6.07) is 17.5. The maximum absolute atomic E-state index is 3.54. The number of hydrogen-bond donors (Lipinski definition) is 1. The van der Waals surface area contributed by atoms with Crippen LogP contribution in [-0.2, 0) is 6.54 Å². The zero-order chi connectivity index (χ0) is 13.0. The van der Waals surface area contributed by atoms with E-state index in [0.29, 0.717) is 6.04 Å². The van der Waals surface area contributed by atoms with Crippen LogP contribution in [0.2, 0.25) is 0 Å². The Hall–Kier alpha value is -1.12. The standard InChI is InChI=1S/C16H18BrN/c1-12-3-7-15(8-4-12)13(2)18-11-14-5-9-16(17)10-6-14/h3-10,13,18H,11H2,1-2H3. The lowest BCUT2D eigenvalue weighted by molar-refractivity contribution is 0.574. The lowest BCUT2D eigenvalue weighted by Crippen LogP contribution is -2.17. The Kier molecular flexibility index (Phi) is 4.56. The van der Waals surface area contributed by atoms with Crippen molar-refractivity contribution >= 4 is 15.9 Å². The van der Waals surface area contributed by atoms with E-state index in [1.54, 1.807) is 0 Å². The predicted molar refractivity (Wildman–Crippen MR) is 80.6 cm³/mol. The van der Waals surface area contributed by atoms with Gasteiger partial charge in [-0.3, -0.25) is 0 Å². The van der Waals surface area contributed by atoms with E-state index < -0.39 is 0 Å². The van der Waals surface area contributed by atoms with Crippen molar-refractivity contribution in [3.8, 4) is 0 Å². The number of benzene rings is 2. The minimum Gasteiger partial charge on any atom is -0.306 e. The summed E-state index contributed by atoms with van der Waals surface area (Å²) < 4.78 is 1.12. The molecule has 0 heterocycles. The van der Waals surface area contributed by atoms with Crippen LogP contribution in [0.3, 0.4) is 0 Å². The van der Waals surface area contributed by atoms with Crippen LogP contribution < -0.4 is 5.32 Å². The molecular weight excluding hydrogens is 286 g/mol. The van der Waals surface area contributed by atoms with Crippen molar-refractivity contribution in [3.63, 3.8) is 0 Å². The molecule has 1 nitrogen and oxygen atoms in total. The first-order valence-corrected chi connectivity index (χ1v) is 6.99. The SMILES string of the molecule is Cc1ccc(C(C)NCc2ccc(Br)cc2)cc1. The van der Waals surface area contributed by atoms with E-state index in [4.69, 9.17) is 0 Å². The second-order valence-electron chi connectivity index (χ2n) is 4.64. The van der Waals surface area contributed by atoms with Crippen LogP contribution in [0.5, 0.6) is 0 Å². The molecule has 0 aliphatic carbocycles. The van der Waals surface area contributed by atoms with E-state index in [-0.39, 0.29) is 0 Å². The topological polar surface area (TPSA) is 12.0 Å². The Morgan fingerprint density at radius 3 is 2.22 bits per heavy atom. The van der Waals surface area contributed by atoms with Crippen molar-refractivity contribution in [3.05, 3.63) is 69.7 Å². The molecule has 2 aromatic rings. The van der Waals surface area contributed by atoms with Gasteiger partial charge in [-0.05, 0) is 37.1 Å².